The standard InChI is InChI=1S/C14H12BrN3O2/c15-10-3-1-2-9-13(10)17-5-8(4-16)14(9)18-6-11(19)12(20)7-18/h1-3,5,11-12,19-20H,6-7H2/t11-,12-/m0/s1. The Morgan fingerprint density at radius 2 is 2.00 bits per heavy atom. The number of pyridine rings is 1. The molecule has 5 nitrogen and oxygen atoms in total. The minimum absolute atomic E-state index is 0.307. The number of para-hydroxylation sites is 1. The molecule has 2 heterocycles. The van der Waals surface area contributed by atoms with Gasteiger partial charge in [0.15, 0.2) is 0 Å². The summed E-state index contributed by atoms with van der Waals surface area (Å²) in [6.07, 6.45) is -0.0618. The molecule has 0 spiro atoms. The maximum atomic E-state index is 9.72. The molecule has 2 N–H and O–H groups in total. The average molecular weight is 334 g/mol. The zero-order chi connectivity index (χ0) is 14.3. The molecule has 6 heteroatoms. The monoisotopic (exact) mass is 333 g/mol. The Kier molecular flexibility index (Phi) is 3.34. The van der Waals surface area contributed by atoms with Crippen LogP contribution in [0, 0.1) is 11.3 Å². The van der Waals surface area contributed by atoms with E-state index in [-0.39, 0.29) is 0 Å². The van der Waals surface area contributed by atoms with Crippen molar-refractivity contribution in [2.24, 2.45) is 0 Å². The van der Waals surface area contributed by atoms with Gasteiger partial charge in [0.05, 0.1) is 29.0 Å². The second kappa shape index (κ2) is 5.02. The van der Waals surface area contributed by atoms with Crippen molar-refractivity contribution in [3.63, 3.8) is 0 Å². The number of aliphatic hydroxyl groups is 2. The molecule has 0 bridgehead atoms. The van der Waals surface area contributed by atoms with Gasteiger partial charge in [0, 0.05) is 29.1 Å². The molecule has 0 aliphatic carbocycles. The summed E-state index contributed by atoms with van der Waals surface area (Å²) >= 11 is 3.45. The van der Waals surface area contributed by atoms with Gasteiger partial charge >= 0.3 is 0 Å². The van der Waals surface area contributed by atoms with Crippen molar-refractivity contribution < 1.29 is 10.2 Å². The third-order valence-electron chi connectivity index (χ3n) is 3.52. The molecule has 2 atom stereocenters. The fraction of sp³-hybridized carbons (Fsp3) is 0.286. The molecule has 1 aliphatic rings. The zero-order valence-corrected chi connectivity index (χ0v) is 12.1. The molecule has 102 valence electrons. The van der Waals surface area contributed by atoms with Gasteiger partial charge in [0.25, 0.3) is 0 Å². The number of hydrogen-bond donors (Lipinski definition) is 2. The van der Waals surface area contributed by atoms with Crippen molar-refractivity contribution in [3.8, 4) is 6.07 Å². The topological polar surface area (TPSA) is 80.4 Å². The number of hydrogen-bond acceptors (Lipinski definition) is 5. The van der Waals surface area contributed by atoms with Crippen LogP contribution in [-0.2, 0) is 0 Å². The lowest BCUT2D eigenvalue weighted by Gasteiger charge is -2.21. The van der Waals surface area contributed by atoms with Gasteiger partial charge in [-0.05, 0) is 22.0 Å². The lowest BCUT2D eigenvalue weighted by molar-refractivity contribution is 0.0572. The van der Waals surface area contributed by atoms with Crippen LogP contribution in [0.1, 0.15) is 5.56 Å². The first-order valence-electron chi connectivity index (χ1n) is 6.20. The van der Waals surface area contributed by atoms with E-state index in [1.165, 1.54) is 6.20 Å². The van der Waals surface area contributed by atoms with Gasteiger partial charge in [-0.3, -0.25) is 4.98 Å². The summed E-state index contributed by atoms with van der Waals surface area (Å²) in [6, 6.07) is 7.78. The maximum absolute atomic E-state index is 9.72. The third kappa shape index (κ3) is 2.04. The molecule has 0 amide bonds. The predicted octanol–water partition coefficient (Wildman–Crippen LogP) is 1.41. The van der Waals surface area contributed by atoms with Gasteiger partial charge in [-0.1, -0.05) is 12.1 Å². The van der Waals surface area contributed by atoms with Gasteiger partial charge in [-0.15, -0.1) is 0 Å². The minimum atomic E-state index is -0.795. The second-order valence-corrected chi connectivity index (χ2v) is 5.66. The van der Waals surface area contributed by atoms with E-state index in [0.717, 1.165) is 21.1 Å². The second-order valence-electron chi connectivity index (χ2n) is 4.81. The minimum Gasteiger partial charge on any atom is -0.389 e. The SMILES string of the molecule is N#Cc1cnc2c(Br)cccc2c1N1C[C@H](O)[C@@H](O)C1. The van der Waals surface area contributed by atoms with E-state index < -0.39 is 12.2 Å². The number of halogens is 1. The number of aliphatic hydroxyl groups excluding tert-OH is 2. The Hall–Kier alpha value is -1.68. The fourth-order valence-corrected chi connectivity index (χ4v) is 3.02. The van der Waals surface area contributed by atoms with Crippen LogP contribution < -0.4 is 4.90 Å². The van der Waals surface area contributed by atoms with Gasteiger partial charge < -0.3 is 15.1 Å². The Bertz CT molecular complexity index is 703. The van der Waals surface area contributed by atoms with Crippen LogP contribution in [0.5, 0.6) is 0 Å². The van der Waals surface area contributed by atoms with E-state index in [2.05, 4.69) is 27.0 Å². The van der Waals surface area contributed by atoms with Crippen molar-refractivity contribution >= 4 is 32.5 Å². The summed E-state index contributed by atoms with van der Waals surface area (Å²) in [6.45, 7) is 0.614. The predicted molar refractivity (Wildman–Crippen MR) is 78.4 cm³/mol. The summed E-state index contributed by atoms with van der Waals surface area (Å²) < 4.78 is 0.848. The highest BCUT2D eigenvalue weighted by atomic mass is 79.9. The molecule has 3 rings (SSSR count). The Morgan fingerprint density at radius 3 is 2.65 bits per heavy atom. The van der Waals surface area contributed by atoms with Crippen molar-refractivity contribution in [2.45, 2.75) is 12.2 Å². The smallest absolute Gasteiger partial charge is 0.103 e. The first-order chi connectivity index (χ1) is 9.61. The number of fused-ring (bicyclic) bond motifs is 1. The van der Waals surface area contributed by atoms with Crippen molar-refractivity contribution in [1.29, 1.82) is 5.26 Å². The third-order valence-corrected chi connectivity index (χ3v) is 4.16. The van der Waals surface area contributed by atoms with Crippen molar-refractivity contribution in [2.75, 3.05) is 18.0 Å². The Labute approximate surface area is 124 Å². The molecular formula is C14H12BrN3O2. The molecule has 2 aromatic rings. The number of anilines is 1. The number of nitriles is 1. The normalized spacial score (nSPS) is 22.2. The summed E-state index contributed by atoms with van der Waals surface area (Å²) in [7, 11) is 0. The maximum Gasteiger partial charge on any atom is 0.103 e. The lowest BCUT2D eigenvalue weighted by Crippen LogP contribution is -2.22. The van der Waals surface area contributed by atoms with E-state index in [9.17, 15) is 15.5 Å². The van der Waals surface area contributed by atoms with E-state index >= 15 is 0 Å². The number of β-amino-alcohol motifs (C(OH)–C–C–N with tert-alkyl or cyclic N) is 2. The average Bonchev–Trinajstić information content (AvgIpc) is 2.77. The first-order valence-corrected chi connectivity index (χ1v) is 6.99. The number of benzene rings is 1. The summed E-state index contributed by atoms with van der Waals surface area (Å²) in [5, 5.41) is 29.6. The van der Waals surface area contributed by atoms with Crippen LogP contribution >= 0.6 is 15.9 Å². The Balaban J connectivity index is 2.23. The van der Waals surface area contributed by atoms with E-state index in [1.54, 1.807) is 0 Å². The summed E-state index contributed by atoms with van der Waals surface area (Å²) in [5.41, 5.74) is 1.92. The van der Waals surface area contributed by atoms with Crippen molar-refractivity contribution in [1.82, 2.24) is 4.98 Å². The summed E-state index contributed by atoms with van der Waals surface area (Å²) in [5.74, 6) is 0. The van der Waals surface area contributed by atoms with Crippen LogP contribution in [0.3, 0.4) is 0 Å². The molecule has 0 unspecified atom stereocenters. The Morgan fingerprint density at radius 1 is 1.30 bits per heavy atom. The van der Waals surface area contributed by atoms with Gasteiger partial charge in [-0.25, -0.2) is 0 Å². The molecular weight excluding hydrogens is 322 g/mol. The summed E-state index contributed by atoms with van der Waals surface area (Å²) in [4.78, 5) is 6.14. The van der Waals surface area contributed by atoms with Crippen LogP contribution in [0.4, 0.5) is 5.69 Å². The van der Waals surface area contributed by atoms with E-state index in [0.29, 0.717) is 18.7 Å². The van der Waals surface area contributed by atoms with Crippen molar-refractivity contribution in [3.05, 3.63) is 34.4 Å². The van der Waals surface area contributed by atoms with Crippen LogP contribution in [-0.4, -0.2) is 40.5 Å². The molecule has 20 heavy (non-hydrogen) atoms. The number of nitrogens with zero attached hydrogens (tertiary/aromatic N) is 3. The van der Waals surface area contributed by atoms with Crippen LogP contribution in [0.2, 0.25) is 0 Å². The highest BCUT2D eigenvalue weighted by Gasteiger charge is 2.32. The zero-order valence-electron chi connectivity index (χ0n) is 10.5. The van der Waals surface area contributed by atoms with Crippen LogP contribution in [0.25, 0.3) is 10.9 Å². The highest BCUT2D eigenvalue weighted by molar-refractivity contribution is 9.10. The molecule has 0 radical (unpaired) electrons. The highest BCUT2D eigenvalue weighted by Crippen LogP contribution is 2.34. The number of rotatable bonds is 1. The first kappa shape index (κ1) is 13.3. The molecule has 1 fully saturated rings. The quantitative estimate of drug-likeness (QED) is 0.824. The van der Waals surface area contributed by atoms with E-state index in [1.807, 2.05) is 23.1 Å². The van der Waals surface area contributed by atoms with E-state index in [4.69, 9.17) is 0 Å². The molecule has 0 saturated carbocycles. The molecule has 1 aromatic carbocycles. The van der Waals surface area contributed by atoms with Crippen LogP contribution in [0.15, 0.2) is 28.9 Å². The molecule has 1 aromatic heterocycles. The number of aromatic nitrogens is 1. The lowest BCUT2D eigenvalue weighted by atomic mass is 10.1. The van der Waals surface area contributed by atoms with Gasteiger partial charge in [0.1, 0.15) is 6.07 Å². The molecule has 1 aliphatic heterocycles. The molecule has 1 saturated heterocycles. The van der Waals surface area contributed by atoms with Gasteiger partial charge in [0.2, 0.25) is 0 Å². The largest absolute Gasteiger partial charge is 0.389 e. The fourth-order valence-electron chi connectivity index (χ4n) is 2.55. The van der Waals surface area contributed by atoms with Gasteiger partial charge in [-0.2, -0.15) is 5.26 Å².